The van der Waals surface area contributed by atoms with Crippen LogP contribution in [0.1, 0.15) is 19.3 Å². The average molecular weight is 172 g/mol. The van der Waals surface area contributed by atoms with E-state index in [0.29, 0.717) is 0 Å². The van der Waals surface area contributed by atoms with E-state index < -0.39 is 0 Å². The molecule has 0 unspecified atom stereocenters. The third-order valence-electron chi connectivity index (χ3n) is 1.77. The van der Waals surface area contributed by atoms with Crippen LogP contribution in [0.3, 0.4) is 0 Å². The third-order valence-corrected chi connectivity index (χ3v) is 1.77. The molecule has 0 amide bonds. The van der Waals surface area contributed by atoms with Crippen molar-refractivity contribution >= 4 is 0 Å². The molecule has 0 fully saturated rings. The summed E-state index contributed by atoms with van der Waals surface area (Å²) in [4.78, 5) is 0. The van der Waals surface area contributed by atoms with Crippen molar-refractivity contribution in [2.24, 2.45) is 0 Å². The summed E-state index contributed by atoms with van der Waals surface area (Å²) < 4.78 is 0. The lowest BCUT2D eigenvalue weighted by molar-refractivity contribution is 1.04. The Labute approximate surface area is 80.7 Å². The van der Waals surface area contributed by atoms with Gasteiger partial charge in [0.2, 0.25) is 0 Å². The van der Waals surface area contributed by atoms with Crippen LogP contribution in [-0.4, -0.2) is 0 Å². The van der Waals surface area contributed by atoms with Gasteiger partial charge in [-0.15, -0.1) is 0 Å². The van der Waals surface area contributed by atoms with Gasteiger partial charge >= 0.3 is 0 Å². The Morgan fingerprint density at radius 1 is 0.462 bits per heavy atom. The second-order valence-corrected chi connectivity index (χ2v) is 2.91. The Hall–Kier alpha value is -1.30. The highest BCUT2D eigenvalue weighted by Gasteiger charge is 1.76. The second-order valence-electron chi connectivity index (χ2n) is 2.91. The average Bonchev–Trinajstić information content (AvgIpc) is 2.18. The Morgan fingerprint density at radius 3 is 1.92 bits per heavy atom. The number of rotatable bonds is 0. The molecule has 0 spiro atoms. The van der Waals surface area contributed by atoms with Crippen molar-refractivity contribution in [3.8, 4) is 0 Å². The molecule has 0 bridgehead atoms. The van der Waals surface area contributed by atoms with E-state index in [9.17, 15) is 0 Å². The summed E-state index contributed by atoms with van der Waals surface area (Å²) in [5.41, 5.74) is 0. The standard InChI is InChI=1S/C13H16/c1-2-4-6-8-10-12-13-11-9-7-5-3-1/h1-8,11,13H,9-10,12H2/b3-1+,4-2-,7-5+,8-6?,13-11?. The molecule has 0 nitrogen and oxygen atoms in total. The summed E-state index contributed by atoms with van der Waals surface area (Å²) >= 11 is 0. The number of hydrogen-bond donors (Lipinski definition) is 0. The number of allylic oxidation sites excluding steroid dienone is 10. The molecule has 1 aliphatic carbocycles. The third kappa shape index (κ3) is 5.92. The van der Waals surface area contributed by atoms with Crippen LogP contribution in [-0.2, 0) is 0 Å². The minimum atomic E-state index is 1.04. The van der Waals surface area contributed by atoms with Crippen molar-refractivity contribution in [1.82, 2.24) is 0 Å². The van der Waals surface area contributed by atoms with Gasteiger partial charge in [0.05, 0.1) is 0 Å². The van der Waals surface area contributed by atoms with Crippen LogP contribution in [0.2, 0.25) is 0 Å². The molecule has 0 aromatic rings. The molecule has 0 aromatic heterocycles. The van der Waals surface area contributed by atoms with E-state index in [2.05, 4.69) is 48.6 Å². The van der Waals surface area contributed by atoms with Crippen LogP contribution in [0.5, 0.6) is 0 Å². The minimum Gasteiger partial charge on any atom is -0.0879 e. The lowest BCUT2D eigenvalue weighted by atomic mass is 10.2. The van der Waals surface area contributed by atoms with Crippen molar-refractivity contribution in [1.29, 1.82) is 0 Å². The summed E-state index contributed by atoms with van der Waals surface area (Å²) in [6, 6.07) is 0. The lowest BCUT2D eigenvalue weighted by Gasteiger charge is -1.84. The molecule has 0 saturated heterocycles. The molecule has 0 atom stereocenters. The van der Waals surface area contributed by atoms with Gasteiger partial charge in [0.1, 0.15) is 0 Å². The summed E-state index contributed by atoms with van der Waals surface area (Å²) in [7, 11) is 0. The zero-order valence-corrected chi connectivity index (χ0v) is 7.89. The van der Waals surface area contributed by atoms with E-state index in [-0.39, 0.29) is 0 Å². The first-order valence-electron chi connectivity index (χ1n) is 4.80. The molecule has 1 rings (SSSR count). The molecular weight excluding hydrogens is 156 g/mol. The Kier molecular flexibility index (Phi) is 5.54. The molecule has 0 N–H and O–H groups in total. The molecule has 0 saturated carbocycles. The van der Waals surface area contributed by atoms with Crippen molar-refractivity contribution < 1.29 is 0 Å². The van der Waals surface area contributed by atoms with Crippen LogP contribution in [0.4, 0.5) is 0 Å². The lowest BCUT2D eigenvalue weighted by Crippen LogP contribution is -1.64. The molecule has 0 radical (unpaired) electrons. The Balaban J connectivity index is 2.50. The zero-order chi connectivity index (χ0) is 9.19. The first-order chi connectivity index (χ1) is 6.50. The fourth-order valence-corrected chi connectivity index (χ4v) is 1.07. The van der Waals surface area contributed by atoms with Gasteiger partial charge in [0.15, 0.2) is 0 Å². The van der Waals surface area contributed by atoms with Crippen LogP contribution in [0, 0.1) is 0 Å². The van der Waals surface area contributed by atoms with Gasteiger partial charge in [-0.2, -0.15) is 0 Å². The Morgan fingerprint density at radius 2 is 1.08 bits per heavy atom. The highest BCUT2D eigenvalue weighted by Crippen LogP contribution is 1.96. The maximum atomic E-state index is 2.24. The van der Waals surface area contributed by atoms with Crippen LogP contribution in [0.25, 0.3) is 0 Å². The SMILES string of the molecule is C1=CCCC=CC/C=C/C=C/C=C\1. The van der Waals surface area contributed by atoms with Gasteiger partial charge in [0, 0.05) is 0 Å². The molecular formula is C13H16. The van der Waals surface area contributed by atoms with E-state index in [1.54, 1.807) is 0 Å². The first kappa shape index (κ1) is 9.79. The molecule has 68 valence electrons. The minimum absolute atomic E-state index is 1.04. The maximum Gasteiger partial charge on any atom is -0.0166 e. The second kappa shape index (κ2) is 7.35. The van der Waals surface area contributed by atoms with Crippen LogP contribution in [0.15, 0.2) is 60.8 Å². The summed E-state index contributed by atoms with van der Waals surface area (Å²) in [5, 5.41) is 0. The monoisotopic (exact) mass is 172 g/mol. The quantitative estimate of drug-likeness (QED) is 0.485. The largest absolute Gasteiger partial charge is 0.0879 e. The molecule has 0 heterocycles. The van der Waals surface area contributed by atoms with E-state index in [0.717, 1.165) is 19.3 Å². The van der Waals surface area contributed by atoms with Crippen molar-refractivity contribution in [3.63, 3.8) is 0 Å². The topological polar surface area (TPSA) is 0 Å². The fourth-order valence-electron chi connectivity index (χ4n) is 1.07. The van der Waals surface area contributed by atoms with Crippen molar-refractivity contribution in [2.75, 3.05) is 0 Å². The van der Waals surface area contributed by atoms with Gasteiger partial charge in [-0.05, 0) is 19.3 Å². The van der Waals surface area contributed by atoms with Gasteiger partial charge in [-0.25, -0.2) is 0 Å². The fraction of sp³-hybridized carbons (Fsp3) is 0.231. The first-order valence-corrected chi connectivity index (χ1v) is 4.80. The van der Waals surface area contributed by atoms with Gasteiger partial charge in [-0.1, -0.05) is 60.8 Å². The van der Waals surface area contributed by atoms with Crippen LogP contribution >= 0.6 is 0 Å². The van der Waals surface area contributed by atoms with E-state index >= 15 is 0 Å². The Bertz CT molecular complexity index is 249. The molecule has 13 heavy (non-hydrogen) atoms. The smallest absolute Gasteiger partial charge is 0.0166 e. The van der Waals surface area contributed by atoms with Gasteiger partial charge in [-0.3, -0.25) is 0 Å². The van der Waals surface area contributed by atoms with Crippen LogP contribution < -0.4 is 0 Å². The maximum absolute atomic E-state index is 2.24. The van der Waals surface area contributed by atoms with E-state index in [4.69, 9.17) is 0 Å². The predicted octanol–water partition coefficient (Wildman–Crippen LogP) is 3.95. The molecule has 0 aliphatic heterocycles. The van der Waals surface area contributed by atoms with Crippen molar-refractivity contribution in [3.05, 3.63) is 60.8 Å². The van der Waals surface area contributed by atoms with E-state index in [1.165, 1.54) is 0 Å². The summed E-state index contributed by atoms with van der Waals surface area (Å²) in [6.45, 7) is 0. The summed E-state index contributed by atoms with van der Waals surface area (Å²) in [5.74, 6) is 0. The van der Waals surface area contributed by atoms with Gasteiger partial charge < -0.3 is 0 Å². The molecule has 0 aromatic carbocycles. The normalized spacial score (nSPS) is 25.2. The molecule has 0 heteroatoms. The van der Waals surface area contributed by atoms with Crippen molar-refractivity contribution in [2.45, 2.75) is 19.3 Å². The zero-order valence-electron chi connectivity index (χ0n) is 7.89. The van der Waals surface area contributed by atoms with E-state index in [1.807, 2.05) is 12.2 Å². The predicted molar refractivity (Wildman–Crippen MR) is 59.6 cm³/mol. The summed E-state index contributed by atoms with van der Waals surface area (Å²) in [6.07, 6.45) is 24.5. The number of hydrogen-bond acceptors (Lipinski definition) is 0. The highest BCUT2D eigenvalue weighted by atomic mass is 13.8. The highest BCUT2D eigenvalue weighted by molar-refractivity contribution is 5.16. The molecule has 1 aliphatic rings. The van der Waals surface area contributed by atoms with Gasteiger partial charge in [0.25, 0.3) is 0 Å².